The maximum Gasteiger partial charge on any atom is 0.340 e. The Labute approximate surface area is 187 Å². The lowest BCUT2D eigenvalue weighted by Gasteiger charge is -2.03. The van der Waals surface area contributed by atoms with Gasteiger partial charge in [-0.05, 0) is 89.6 Å². The van der Waals surface area contributed by atoms with Crippen molar-refractivity contribution in [1.82, 2.24) is 15.0 Å². The summed E-state index contributed by atoms with van der Waals surface area (Å²) < 4.78 is 16.1. The minimum absolute atomic E-state index is 0. The number of nitrogens with zero attached hydrogens (tertiary/aromatic N) is 4. The van der Waals surface area contributed by atoms with Crippen LogP contribution in [0.25, 0.3) is 22.8 Å². The molecule has 4 rings (SSSR count). The minimum atomic E-state index is 0. The lowest BCUT2D eigenvalue weighted by molar-refractivity contribution is -0.734. The molecule has 0 atom stereocenters. The van der Waals surface area contributed by atoms with E-state index in [1.54, 1.807) is 23.8 Å². The van der Waals surface area contributed by atoms with Crippen LogP contribution >= 0.6 is 0 Å². The van der Waals surface area contributed by atoms with Crippen molar-refractivity contribution in [3.63, 3.8) is 0 Å². The van der Waals surface area contributed by atoms with Crippen molar-refractivity contribution in [2.45, 2.75) is 6.92 Å². The second-order valence-corrected chi connectivity index (χ2v) is 6.46. The molecule has 160 valence electrons. The number of aromatic nitrogens is 4. The molecule has 0 amide bonds. The number of hydrogen-bond donors (Lipinski definition) is 0. The Morgan fingerprint density at radius 1 is 0.774 bits per heavy atom. The van der Waals surface area contributed by atoms with Crippen LogP contribution in [0.4, 0.5) is 0 Å². The molecule has 0 spiro atoms. The predicted molar refractivity (Wildman–Crippen MR) is 113 cm³/mol. The zero-order chi connectivity index (χ0) is 20.9. The van der Waals surface area contributed by atoms with Gasteiger partial charge < -0.3 is 26.6 Å². The van der Waals surface area contributed by atoms with E-state index in [2.05, 4.69) is 0 Å². The summed E-state index contributed by atoms with van der Waals surface area (Å²) >= 11 is 0. The number of tetrazole rings is 1. The van der Waals surface area contributed by atoms with E-state index >= 15 is 0 Å². The van der Waals surface area contributed by atoms with E-state index in [1.165, 1.54) is 0 Å². The summed E-state index contributed by atoms with van der Waals surface area (Å²) in [5, 5.41) is 9.51. The molecule has 0 aliphatic heterocycles. The molecule has 8 heteroatoms. The van der Waals surface area contributed by atoms with Gasteiger partial charge in [0.05, 0.1) is 31.5 Å². The van der Waals surface area contributed by atoms with Crippen LogP contribution in [0.5, 0.6) is 17.2 Å². The summed E-state index contributed by atoms with van der Waals surface area (Å²) in [6, 6.07) is 23.1. The van der Waals surface area contributed by atoms with E-state index < -0.39 is 0 Å². The average molecular weight is 439 g/mol. The van der Waals surface area contributed by atoms with Gasteiger partial charge in [-0.2, -0.15) is 0 Å². The second kappa shape index (κ2) is 9.95. The lowest BCUT2D eigenvalue weighted by atomic mass is 10.2. The van der Waals surface area contributed by atoms with Crippen LogP contribution in [0, 0.1) is 0 Å². The number of hydrogen-bond acceptors (Lipinski definition) is 5. The van der Waals surface area contributed by atoms with Gasteiger partial charge in [0.1, 0.15) is 22.9 Å². The van der Waals surface area contributed by atoms with Crippen LogP contribution in [0.1, 0.15) is 6.92 Å². The van der Waals surface area contributed by atoms with Gasteiger partial charge in [0, 0.05) is 4.80 Å². The molecule has 0 fully saturated rings. The number of ether oxygens (including phenoxy) is 3. The number of halogens is 1. The first-order valence-corrected chi connectivity index (χ1v) is 9.63. The Morgan fingerprint density at radius 3 is 1.87 bits per heavy atom. The van der Waals surface area contributed by atoms with Gasteiger partial charge in [-0.3, -0.25) is 0 Å². The molecule has 31 heavy (non-hydrogen) atoms. The zero-order valence-corrected chi connectivity index (χ0v) is 18.3. The first-order valence-electron chi connectivity index (χ1n) is 9.63. The molecule has 0 radical (unpaired) electrons. The van der Waals surface area contributed by atoms with E-state index in [1.807, 2.05) is 79.7 Å². The molecule has 4 aromatic rings. The molecule has 0 saturated heterocycles. The Balaban J connectivity index is 0.00000272. The Hall–Kier alpha value is -3.58. The summed E-state index contributed by atoms with van der Waals surface area (Å²) in [6.45, 7) is 2.59. The standard InChI is InChI=1S/C23H23N4O3.ClH/c1-4-30-22-11-5-17(6-12-22)23-24-26(18-7-13-20(28-2)14-8-18)27(25-23)19-9-15-21(29-3)16-10-19;/h5-16H,4H2,1-3H3;1H/q+1;/p-1. The van der Waals surface area contributed by atoms with Crippen molar-refractivity contribution in [3.8, 4) is 40.0 Å². The van der Waals surface area contributed by atoms with E-state index in [9.17, 15) is 0 Å². The van der Waals surface area contributed by atoms with Crippen molar-refractivity contribution in [1.29, 1.82) is 0 Å². The van der Waals surface area contributed by atoms with Gasteiger partial charge in [0.2, 0.25) is 0 Å². The third-order valence-electron chi connectivity index (χ3n) is 4.59. The molecule has 7 nitrogen and oxygen atoms in total. The molecule has 0 unspecified atom stereocenters. The predicted octanol–water partition coefficient (Wildman–Crippen LogP) is 0.631. The van der Waals surface area contributed by atoms with Gasteiger partial charge in [-0.25, -0.2) is 0 Å². The van der Waals surface area contributed by atoms with E-state index in [4.69, 9.17) is 24.4 Å². The number of methoxy groups -OCH3 is 2. The Bertz CT molecular complexity index is 1050. The van der Waals surface area contributed by atoms with Crippen LogP contribution in [-0.4, -0.2) is 35.8 Å². The molecule has 0 N–H and O–H groups in total. The van der Waals surface area contributed by atoms with Gasteiger partial charge in [0.15, 0.2) is 5.69 Å². The minimum Gasteiger partial charge on any atom is -1.00 e. The summed E-state index contributed by atoms with van der Waals surface area (Å²) in [5.41, 5.74) is 2.61. The monoisotopic (exact) mass is 438 g/mol. The molecule has 0 aliphatic carbocycles. The normalized spacial score (nSPS) is 10.3. The largest absolute Gasteiger partial charge is 1.00 e. The summed E-state index contributed by atoms with van der Waals surface area (Å²) in [6.07, 6.45) is 0. The molecule has 1 heterocycles. The smallest absolute Gasteiger partial charge is 0.340 e. The molecule has 0 saturated carbocycles. The SMILES string of the molecule is CCOc1ccc(-c2nn(-c3ccc(OC)cc3)[n+](-c3ccc(OC)cc3)n2)cc1.[Cl-]. The molecular weight excluding hydrogens is 416 g/mol. The third-order valence-corrected chi connectivity index (χ3v) is 4.59. The number of benzene rings is 3. The fourth-order valence-electron chi connectivity index (χ4n) is 3.03. The fraction of sp³-hybridized carbons (Fsp3) is 0.174. The van der Waals surface area contributed by atoms with Gasteiger partial charge in [0.25, 0.3) is 0 Å². The fourth-order valence-corrected chi connectivity index (χ4v) is 3.03. The van der Waals surface area contributed by atoms with E-state index in [0.29, 0.717) is 12.4 Å². The van der Waals surface area contributed by atoms with Crippen molar-refractivity contribution in [3.05, 3.63) is 72.8 Å². The van der Waals surface area contributed by atoms with Crippen LogP contribution in [0.3, 0.4) is 0 Å². The van der Waals surface area contributed by atoms with Crippen molar-refractivity contribution < 1.29 is 31.4 Å². The second-order valence-electron chi connectivity index (χ2n) is 6.46. The van der Waals surface area contributed by atoms with Gasteiger partial charge in [-0.1, -0.05) is 0 Å². The summed E-state index contributed by atoms with van der Waals surface area (Å²) in [5.74, 6) is 2.98. The first-order chi connectivity index (χ1) is 14.7. The van der Waals surface area contributed by atoms with Crippen molar-refractivity contribution >= 4 is 0 Å². The highest BCUT2D eigenvalue weighted by Gasteiger charge is 2.23. The molecule has 0 aliphatic rings. The molecule has 3 aromatic carbocycles. The van der Waals surface area contributed by atoms with Crippen LogP contribution in [-0.2, 0) is 0 Å². The van der Waals surface area contributed by atoms with Gasteiger partial charge >= 0.3 is 5.82 Å². The van der Waals surface area contributed by atoms with Crippen molar-refractivity contribution in [2.75, 3.05) is 20.8 Å². The molecule has 0 bridgehead atoms. The van der Waals surface area contributed by atoms with Crippen molar-refractivity contribution in [2.24, 2.45) is 0 Å². The molecule has 1 aromatic heterocycles. The third kappa shape index (κ3) is 4.78. The Morgan fingerprint density at radius 2 is 1.32 bits per heavy atom. The molecular formula is C23H23ClN4O3. The summed E-state index contributed by atoms with van der Waals surface area (Å²) in [7, 11) is 3.29. The number of rotatable bonds is 7. The van der Waals surface area contributed by atoms with Crippen LogP contribution < -0.4 is 31.4 Å². The van der Waals surface area contributed by atoms with Gasteiger partial charge in [-0.15, -0.1) is 0 Å². The van der Waals surface area contributed by atoms with Crippen LogP contribution in [0.2, 0.25) is 0 Å². The quantitative estimate of drug-likeness (QED) is 0.396. The zero-order valence-electron chi connectivity index (χ0n) is 17.5. The van der Waals surface area contributed by atoms with E-state index in [-0.39, 0.29) is 12.4 Å². The average Bonchev–Trinajstić information content (AvgIpc) is 3.25. The highest BCUT2D eigenvalue weighted by molar-refractivity contribution is 5.55. The lowest BCUT2D eigenvalue weighted by Crippen LogP contribution is -3.00. The maximum atomic E-state index is 5.53. The topological polar surface area (TPSA) is 62.3 Å². The highest BCUT2D eigenvalue weighted by atomic mass is 35.5. The van der Waals surface area contributed by atoms with Crippen LogP contribution in [0.15, 0.2) is 72.8 Å². The maximum absolute atomic E-state index is 5.53. The summed E-state index contributed by atoms with van der Waals surface area (Å²) in [4.78, 5) is 3.51. The van der Waals surface area contributed by atoms with E-state index in [0.717, 1.165) is 34.2 Å². The highest BCUT2D eigenvalue weighted by Crippen LogP contribution is 2.21. The Kier molecular flexibility index (Phi) is 7.10. The first kappa shape index (κ1) is 22.1.